The van der Waals surface area contributed by atoms with Crippen LogP contribution in [0.2, 0.25) is 5.02 Å². The van der Waals surface area contributed by atoms with Crippen molar-refractivity contribution in [3.05, 3.63) is 69.6 Å². The summed E-state index contributed by atoms with van der Waals surface area (Å²) < 4.78 is 33.6. The standard InChI is InChI=1S/C17H14BrClN2O3S/c1-11-17(12-2-6-14(19)7-3-12)24-16(21-11)10-20-25(22,23)15-8-4-13(18)5-9-15/h2-9,20H,10H2,1H3. The third-order valence-corrected chi connectivity index (χ3v) is 5.68. The van der Waals surface area contributed by atoms with Crippen molar-refractivity contribution in [1.29, 1.82) is 0 Å². The molecule has 0 spiro atoms. The number of oxazole rings is 1. The van der Waals surface area contributed by atoms with Crippen molar-refractivity contribution in [2.45, 2.75) is 18.4 Å². The first-order chi connectivity index (χ1) is 11.8. The summed E-state index contributed by atoms with van der Waals surface area (Å²) in [5, 5.41) is 0.628. The molecule has 1 N–H and O–H groups in total. The van der Waals surface area contributed by atoms with E-state index < -0.39 is 10.0 Å². The number of aryl methyl sites for hydroxylation is 1. The van der Waals surface area contributed by atoms with Crippen LogP contribution in [0.4, 0.5) is 0 Å². The topological polar surface area (TPSA) is 72.2 Å². The SMILES string of the molecule is Cc1nc(CNS(=O)(=O)c2ccc(Br)cc2)oc1-c1ccc(Cl)cc1. The van der Waals surface area contributed by atoms with Crippen LogP contribution in [0.25, 0.3) is 11.3 Å². The predicted molar refractivity (Wildman–Crippen MR) is 99.9 cm³/mol. The molecule has 0 aliphatic heterocycles. The van der Waals surface area contributed by atoms with Crippen LogP contribution in [0, 0.1) is 6.92 Å². The van der Waals surface area contributed by atoms with Crippen LogP contribution in [-0.4, -0.2) is 13.4 Å². The Morgan fingerprint density at radius 2 is 1.76 bits per heavy atom. The minimum Gasteiger partial charge on any atom is -0.439 e. The van der Waals surface area contributed by atoms with Gasteiger partial charge in [-0.3, -0.25) is 0 Å². The molecule has 0 aliphatic rings. The molecule has 0 amide bonds. The summed E-state index contributed by atoms with van der Waals surface area (Å²) in [6.07, 6.45) is 0. The fourth-order valence-electron chi connectivity index (χ4n) is 2.25. The molecule has 3 aromatic rings. The van der Waals surface area contributed by atoms with Crippen LogP contribution in [0.3, 0.4) is 0 Å². The highest BCUT2D eigenvalue weighted by atomic mass is 79.9. The second-order valence-corrected chi connectivity index (χ2v) is 8.43. The first-order valence-electron chi connectivity index (χ1n) is 7.32. The molecular formula is C17H14BrClN2O3S. The van der Waals surface area contributed by atoms with Crippen LogP contribution < -0.4 is 4.72 Å². The van der Waals surface area contributed by atoms with Crippen LogP contribution in [0.15, 0.2) is 62.3 Å². The van der Waals surface area contributed by atoms with Gasteiger partial charge in [0, 0.05) is 15.1 Å². The fraction of sp³-hybridized carbons (Fsp3) is 0.118. The minimum absolute atomic E-state index is 0.0349. The molecule has 0 unspecified atom stereocenters. The number of nitrogens with zero attached hydrogens (tertiary/aromatic N) is 1. The van der Waals surface area contributed by atoms with E-state index in [1.54, 1.807) is 31.2 Å². The van der Waals surface area contributed by atoms with E-state index in [9.17, 15) is 8.42 Å². The molecule has 0 fully saturated rings. The van der Waals surface area contributed by atoms with Gasteiger partial charge in [0.05, 0.1) is 17.1 Å². The Kier molecular flexibility index (Phi) is 5.29. The number of halogens is 2. The van der Waals surface area contributed by atoms with Crippen LogP contribution >= 0.6 is 27.5 Å². The molecule has 0 atom stereocenters. The van der Waals surface area contributed by atoms with Gasteiger partial charge in [-0.25, -0.2) is 18.1 Å². The van der Waals surface area contributed by atoms with Crippen molar-refractivity contribution in [2.24, 2.45) is 0 Å². The van der Waals surface area contributed by atoms with E-state index in [0.717, 1.165) is 10.0 Å². The molecule has 0 radical (unpaired) electrons. The number of hydrogen-bond acceptors (Lipinski definition) is 4. The maximum atomic E-state index is 12.3. The molecule has 0 bridgehead atoms. The summed E-state index contributed by atoms with van der Waals surface area (Å²) >= 11 is 9.16. The van der Waals surface area contributed by atoms with Crippen molar-refractivity contribution < 1.29 is 12.8 Å². The maximum Gasteiger partial charge on any atom is 0.241 e. The maximum absolute atomic E-state index is 12.3. The van der Waals surface area contributed by atoms with Gasteiger partial charge in [0.15, 0.2) is 5.76 Å². The van der Waals surface area contributed by atoms with Gasteiger partial charge in [-0.2, -0.15) is 0 Å². The summed E-state index contributed by atoms with van der Waals surface area (Å²) in [7, 11) is -3.64. The van der Waals surface area contributed by atoms with E-state index in [1.165, 1.54) is 12.1 Å². The largest absolute Gasteiger partial charge is 0.439 e. The summed E-state index contributed by atoms with van der Waals surface area (Å²) in [5.74, 6) is 0.887. The number of benzene rings is 2. The number of sulfonamides is 1. The van der Waals surface area contributed by atoms with Gasteiger partial charge in [-0.1, -0.05) is 27.5 Å². The van der Waals surface area contributed by atoms with E-state index in [2.05, 4.69) is 25.6 Å². The summed E-state index contributed by atoms with van der Waals surface area (Å²) in [6.45, 7) is 1.77. The van der Waals surface area contributed by atoms with Crippen molar-refractivity contribution in [2.75, 3.05) is 0 Å². The lowest BCUT2D eigenvalue weighted by atomic mass is 10.1. The van der Waals surface area contributed by atoms with E-state index in [-0.39, 0.29) is 11.4 Å². The van der Waals surface area contributed by atoms with Gasteiger partial charge in [-0.05, 0) is 55.5 Å². The quantitative estimate of drug-likeness (QED) is 0.631. The van der Waals surface area contributed by atoms with E-state index in [1.807, 2.05) is 12.1 Å². The summed E-state index contributed by atoms with van der Waals surface area (Å²) in [6, 6.07) is 13.5. The third kappa shape index (κ3) is 4.30. The molecule has 1 heterocycles. The molecule has 25 heavy (non-hydrogen) atoms. The molecule has 0 saturated heterocycles. The summed E-state index contributed by atoms with van der Waals surface area (Å²) in [4.78, 5) is 4.46. The Labute approximate surface area is 159 Å². The first kappa shape index (κ1) is 18.1. The summed E-state index contributed by atoms with van der Waals surface area (Å²) in [5.41, 5.74) is 1.51. The normalized spacial score (nSPS) is 11.6. The molecule has 0 saturated carbocycles. The average Bonchev–Trinajstić information content (AvgIpc) is 2.95. The van der Waals surface area contributed by atoms with Crippen LogP contribution in [0.5, 0.6) is 0 Å². The monoisotopic (exact) mass is 440 g/mol. The zero-order valence-electron chi connectivity index (χ0n) is 13.2. The second-order valence-electron chi connectivity index (χ2n) is 5.31. The zero-order valence-corrected chi connectivity index (χ0v) is 16.3. The zero-order chi connectivity index (χ0) is 18.0. The first-order valence-corrected chi connectivity index (χ1v) is 9.98. The number of rotatable bonds is 5. The van der Waals surface area contributed by atoms with E-state index in [0.29, 0.717) is 22.4 Å². The van der Waals surface area contributed by atoms with Gasteiger partial charge in [0.2, 0.25) is 15.9 Å². The molecule has 8 heteroatoms. The van der Waals surface area contributed by atoms with Crippen LogP contribution in [0.1, 0.15) is 11.6 Å². The second kappa shape index (κ2) is 7.29. The lowest BCUT2D eigenvalue weighted by Crippen LogP contribution is -2.23. The molecule has 1 aromatic heterocycles. The predicted octanol–water partition coefficient (Wildman–Crippen LogP) is 4.54. The molecule has 0 aliphatic carbocycles. The van der Waals surface area contributed by atoms with E-state index in [4.69, 9.17) is 16.0 Å². The Hall–Kier alpha value is -1.67. The highest BCUT2D eigenvalue weighted by Crippen LogP contribution is 2.26. The minimum atomic E-state index is -3.64. The van der Waals surface area contributed by atoms with Gasteiger partial charge in [0.25, 0.3) is 0 Å². The highest BCUT2D eigenvalue weighted by Gasteiger charge is 2.17. The van der Waals surface area contributed by atoms with Gasteiger partial charge < -0.3 is 4.42 Å². The van der Waals surface area contributed by atoms with Gasteiger partial charge in [0.1, 0.15) is 0 Å². The van der Waals surface area contributed by atoms with Gasteiger partial charge in [-0.15, -0.1) is 0 Å². The highest BCUT2D eigenvalue weighted by molar-refractivity contribution is 9.10. The number of aromatic nitrogens is 1. The Bertz CT molecular complexity index is 984. The van der Waals surface area contributed by atoms with Crippen molar-refractivity contribution in [3.8, 4) is 11.3 Å². The van der Waals surface area contributed by atoms with Crippen molar-refractivity contribution in [3.63, 3.8) is 0 Å². The average molecular weight is 442 g/mol. The number of hydrogen-bond donors (Lipinski definition) is 1. The molecule has 2 aromatic carbocycles. The van der Waals surface area contributed by atoms with Crippen molar-refractivity contribution >= 4 is 37.6 Å². The molecular weight excluding hydrogens is 428 g/mol. The smallest absolute Gasteiger partial charge is 0.241 e. The van der Waals surface area contributed by atoms with Gasteiger partial charge >= 0.3 is 0 Å². The number of nitrogens with one attached hydrogen (secondary N) is 1. The lowest BCUT2D eigenvalue weighted by Gasteiger charge is -2.04. The van der Waals surface area contributed by atoms with Crippen molar-refractivity contribution in [1.82, 2.24) is 9.71 Å². The molecule has 130 valence electrons. The fourth-order valence-corrected chi connectivity index (χ4v) is 3.62. The Morgan fingerprint density at radius 1 is 1.12 bits per heavy atom. The van der Waals surface area contributed by atoms with Crippen LogP contribution in [-0.2, 0) is 16.6 Å². The Balaban J connectivity index is 1.77. The molecule has 5 nitrogen and oxygen atoms in total. The van der Waals surface area contributed by atoms with E-state index >= 15 is 0 Å². The lowest BCUT2D eigenvalue weighted by molar-refractivity contribution is 0.494. The third-order valence-electron chi connectivity index (χ3n) is 3.48. The molecule has 3 rings (SSSR count). The Morgan fingerprint density at radius 3 is 2.40 bits per heavy atom.